The Morgan fingerprint density at radius 3 is 1.94 bits per heavy atom. The van der Waals surface area contributed by atoms with Crippen LogP contribution in [0.5, 0.6) is 0 Å². The van der Waals surface area contributed by atoms with Crippen molar-refractivity contribution in [3.8, 4) is 0 Å². The van der Waals surface area contributed by atoms with Gasteiger partial charge in [0.1, 0.15) is 18.1 Å². The number of primary amides is 1. The third-order valence-corrected chi connectivity index (χ3v) is 5.55. The largest absolute Gasteiger partial charge is 0.480 e. The number of hydrogen-bond acceptors (Lipinski definition) is 8. The summed E-state index contributed by atoms with van der Waals surface area (Å²) in [5, 5.41) is 17.0. The molecule has 4 atom stereocenters. The zero-order chi connectivity index (χ0) is 26.3. The minimum absolute atomic E-state index is 0.0101. The molecule has 0 aromatic rings. The normalized spacial score (nSPS) is 14.5. The Morgan fingerprint density at radius 2 is 1.44 bits per heavy atom. The second-order valence-electron chi connectivity index (χ2n) is 8.49. The number of amides is 4. The van der Waals surface area contributed by atoms with E-state index in [2.05, 4.69) is 16.0 Å². The fraction of sp³-hybridized carbons (Fsp3) is 0.762. The van der Waals surface area contributed by atoms with Crippen LogP contribution >= 0.6 is 11.8 Å². The number of carbonyl (C=O) groups excluding carboxylic acids is 4. The van der Waals surface area contributed by atoms with Gasteiger partial charge in [-0.15, -0.1) is 0 Å². The van der Waals surface area contributed by atoms with Crippen LogP contribution in [0.25, 0.3) is 0 Å². The van der Waals surface area contributed by atoms with Crippen molar-refractivity contribution in [1.29, 1.82) is 0 Å². The van der Waals surface area contributed by atoms with Gasteiger partial charge in [0.25, 0.3) is 0 Å². The summed E-state index contributed by atoms with van der Waals surface area (Å²) < 4.78 is 0. The Bertz CT molecular complexity index is 693. The lowest BCUT2D eigenvalue weighted by Crippen LogP contribution is -2.57. The van der Waals surface area contributed by atoms with Crippen molar-refractivity contribution in [1.82, 2.24) is 16.0 Å². The van der Waals surface area contributed by atoms with Crippen LogP contribution in [-0.4, -0.2) is 77.4 Å². The van der Waals surface area contributed by atoms with Gasteiger partial charge in [-0.25, -0.2) is 4.79 Å². The lowest BCUT2D eigenvalue weighted by molar-refractivity contribution is -0.142. The van der Waals surface area contributed by atoms with Crippen LogP contribution in [0.2, 0.25) is 0 Å². The number of carboxylic acid groups (broad SMARTS) is 1. The van der Waals surface area contributed by atoms with Gasteiger partial charge >= 0.3 is 5.97 Å². The standard InChI is InChI=1S/C21H40N6O6S/c1-12(2)10-16(27-18(29)13(23)11-17(24)28)20(31)25-14(6-4-5-8-22)19(30)26-15(21(32)33)7-9-34-3/h12-16H,4-11,22-23H2,1-3H3,(H2,24,28)(H,25,31)(H,26,30)(H,27,29)(H,32,33). The number of aliphatic carboxylic acids is 1. The highest BCUT2D eigenvalue weighted by molar-refractivity contribution is 7.98. The van der Waals surface area contributed by atoms with Crippen molar-refractivity contribution >= 4 is 41.4 Å². The predicted molar refractivity (Wildman–Crippen MR) is 131 cm³/mol. The fourth-order valence-electron chi connectivity index (χ4n) is 3.09. The van der Waals surface area contributed by atoms with Crippen LogP contribution in [0.3, 0.4) is 0 Å². The van der Waals surface area contributed by atoms with Crippen molar-refractivity contribution in [2.45, 2.75) is 76.5 Å². The highest BCUT2D eigenvalue weighted by Gasteiger charge is 2.30. The first-order valence-electron chi connectivity index (χ1n) is 11.3. The van der Waals surface area contributed by atoms with Crippen molar-refractivity contribution < 1.29 is 29.1 Å². The number of hydrogen-bond donors (Lipinski definition) is 7. The van der Waals surface area contributed by atoms with Gasteiger partial charge < -0.3 is 38.3 Å². The molecule has 0 aromatic carbocycles. The maximum atomic E-state index is 13.0. The van der Waals surface area contributed by atoms with Gasteiger partial charge in [-0.1, -0.05) is 13.8 Å². The van der Waals surface area contributed by atoms with Crippen LogP contribution in [0, 0.1) is 5.92 Å². The SMILES string of the molecule is CSCCC(NC(=O)C(CCCCN)NC(=O)C(CC(C)C)NC(=O)C(N)CC(N)=O)C(=O)O. The molecule has 0 heterocycles. The van der Waals surface area contributed by atoms with E-state index in [0.717, 1.165) is 0 Å². The second kappa shape index (κ2) is 17.1. The van der Waals surface area contributed by atoms with E-state index < -0.39 is 53.8 Å². The van der Waals surface area contributed by atoms with Crippen LogP contribution in [-0.2, 0) is 24.0 Å². The van der Waals surface area contributed by atoms with Gasteiger partial charge in [0.15, 0.2) is 0 Å². The van der Waals surface area contributed by atoms with Gasteiger partial charge in [-0.05, 0) is 56.6 Å². The Morgan fingerprint density at radius 1 is 0.882 bits per heavy atom. The predicted octanol–water partition coefficient (Wildman–Crippen LogP) is -1.34. The van der Waals surface area contributed by atoms with E-state index in [-0.39, 0.29) is 31.6 Å². The lowest BCUT2D eigenvalue weighted by atomic mass is 10.0. The average Bonchev–Trinajstić information content (AvgIpc) is 2.74. The molecule has 0 bridgehead atoms. The molecule has 0 aliphatic rings. The number of carboxylic acids is 1. The van der Waals surface area contributed by atoms with E-state index in [0.29, 0.717) is 25.1 Å². The molecule has 0 radical (unpaired) electrons. The first kappa shape index (κ1) is 31.6. The molecule has 4 unspecified atom stereocenters. The first-order chi connectivity index (χ1) is 15.9. The highest BCUT2D eigenvalue weighted by atomic mass is 32.2. The van der Waals surface area contributed by atoms with E-state index in [4.69, 9.17) is 17.2 Å². The Hall–Kier alpha value is -2.38. The molecule has 13 heteroatoms. The highest BCUT2D eigenvalue weighted by Crippen LogP contribution is 2.09. The fourth-order valence-corrected chi connectivity index (χ4v) is 3.56. The molecule has 4 amide bonds. The minimum Gasteiger partial charge on any atom is -0.480 e. The quantitative estimate of drug-likeness (QED) is 0.110. The average molecular weight is 505 g/mol. The molecule has 10 N–H and O–H groups in total. The second-order valence-corrected chi connectivity index (χ2v) is 9.48. The first-order valence-corrected chi connectivity index (χ1v) is 12.7. The topological polar surface area (TPSA) is 220 Å². The molecule has 0 aromatic heterocycles. The lowest BCUT2D eigenvalue weighted by Gasteiger charge is -2.26. The molecular formula is C21H40N6O6S. The number of nitrogens with two attached hydrogens (primary N) is 3. The van der Waals surface area contributed by atoms with E-state index >= 15 is 0 Å². The van der Waals surface area contributed by atoms with Gasteiger partial charge in [0, 0.05) is 0 Å². The van der Waals surface area contributed by atoms with Crippen molar-refractivity contribution in [3.63, 3.8) is 0 Å². The number of unbranched alkanes of at least 4 members (excludes halogenated alkanes) is 1. The third-order valence-electron chi connectivity index (χ3n) is 4.90. The number of carbonyl (C=O) groups is 5. The summed E-state index contributed by atoms with van der Waals surface area (Å²) in [7, 11) is 0. The minimum atomic E-state index is -1.21. The van der Waals surface area contributed by atoms with E-state index in [1.54, 1.807) is 0 Å². The Labute approximate surface area is 204 Å². The molecule has 0 fully saturated rings. The molecule has 0 spiro atoms. The molecule has 34 heavy (non-hydrogen) atoms. The summed E-state index contributed by atoms with van der Waals surface area (Å²) in [4.78, 5) is 60.8. The number of rotatable bonds is 18. The van der Waals surface area contributed by atoms with Crippen molar-refractivity contribution in [2.75, 3.05) is 18.6 Å². The van der Waals surface area contributed by atoms with Gasteiger partial charge in [0.05, 0.1) is 12.5 Å². The van der Waals surface area contributed by atoms with E-state index in [1.165, 1.54) is 11.8 Å². The van der Waals surface area contributed by atoms with Crippen LogP contribution in [0.4, 0.5) is 0 Å². The molecule has 0 saturated heterocycles. The molecule has 196 valence electrons. The van der Waals surface area contributed by atoms with E-state index in [9.17, 15) is 29.1 Å². The van der Waals surface area contributed by atoms with Crippen LogP contribution < -0.4 is 33.2 Å². The summed E-state index contributed by atoms with van der Waals surface area (Å²) in [5.41, 5.74) is 16.3. The summed E-state index contributed by atoms with van der Waals surface area (Å²) in [6.07, 6.45) is 3.32. The molecule has 0 aliphatic heterocycles. The smallest absolute Gasteiger partial charge is 0.326 e. The number of thioether (sulfide) groups is 1. The van der Waals surface area contributed by atoms with E-state index in [1.807, 2.05) is 20.1 Å². The zero-order valence-electron chi connectivity index (χ0n) is 20.2. The number of nitrogens with one attached hydrogen (secondary N) is 3. The maximum Gasteiger partial charge on any atom is 0.326 e. The van der Waals surface area contributed by atoms with Crippen molar-refractivity contribution in [2.24, 2.45) is 23.1 Å². The van der Waals surface area contributed by atoms with Crippen LogP contribution in [0.15, 0.2) is 0 Å². The maximum absolute atomic E-state index is 13.0. The Kier molecular flexibility index (Phi) is 15.9. The van der Waals surface area contributed by atoms with Gasteiger partial charge in [0.2, 0.25) is 23.6 Å². The van der Waals surface area contributed by atoms with Crippen molar-refractivity contribution in [3.05, 3.63) is 0 Å². The zero-order valence-corrected chi connectivity index (χ0v) is 21.0. The van der Waals surface area contributed by atoms with Gasteiger partial charge in [-0.2, -0.15) is 11.8 Å². The molecule has 0 aliphatic carbocycles. The summed E-state index contributed by atoms with van der Waals surface area (Å²) in [5.74, 6) is -3.32. The molecule has 0 saturated carbocycles. The molecule has 0 rings (SSSR count). The summed E-state index contributed by atoms with van der Waals surface area (Å²) in [6, 6.07) is -4.33. The summed E-state index contributed by atoms with van der Waals surface area (Å²) >= 11 is 1.45. The monoisotopic (exact) mass is 504 g/mol. The Balaban J connectivity index is 5.48. The van der Waals surface area contributed by atoms with Gasteiger partial charge in [-0.3, -0.25) is 19.2 Å². The van der Waals surface area contributed by atoms with Crippen LogP contribution in [0.1, 0.15) is 52.4 Å². The molecule has 12 nitrogen and oxygen atoms in total. The summed E-state index contributed by atoms with van der Waals surface area (Å²) in [6.45, 7) is 4.10. The molecular weight excluding hydrogens is 464 g/mol. The third kappa shape index (κ3) is 13.4.